The standard InChI is InChI=1S/C19H20N6O2/c1-2-14(18(21)27)24-16-8-7-13(17(20)26)19(25-16)23-12-6-5-11-4-3-9-22-15(11)10-12/h3-10,14H,2H2,1H3,(H2,20,26)(H2,21,27)(H2,23,24,25)/t14-/m1/s1. The van der Waals surface area contributed by atoms with Gasteiger partial charge >= 0.3 is 0 Å². The Bertz CT molecular complexity index is 1000. The van der Waals surface area contributed by atoms with Crippen LogP contribution in [-0.4, -0.2) is 27.8 Å². The maximum atomic E-state index is 11.8. The second-order valence-electron chi connectivity index (χ2n) is 6.00. The van der Waals surface area contributed by atoms with Gasteiger partial charge in [-0.25, -0.2) is 4.98 Å². The molecular formula is C19H20N6O2. The molecule has 0 radical (unpaired) electrons. The first-order valence-corrected chi connectivity index (χ1v) is 8.46. The van der Waals surface area contributed by atoms with E-state index < -0.39 is 17.9 Å². The summed E-state index contributed by atoms with van der Waals surface area (Å²) >= 11 is 0. The number of benzene rings is 1. The highest BCUT2D eigenvalue weighted by Crippen LogP contribution is 2.24. The Morgan fingerprint density at radius 3 is 2.67 bits per heavy atom. The summed E-state index contributed by atoms with van der Waals surface area (Å²) in [5, 5.41) is 7.05. The minimum absolute atomic E-state index is 0.230. The summed E-state index contributed by atoms with van der Waals surface area (Å²) in [5.74, 6) is -0.403. The molecule has 2 heterocycles. The zero-order chi connectivity index (χ0) is 19.4. The molecular weight excluding hydrogens is 344 g/mol. The average molecular weight is 364 g/mol. The van der Waals surface area contributed by atoms with Crippen molar-refractivity contribution in [1.29, 1.82) is 0 Å². The van der Waals surface area contributed by atoms with Crippen LogP contribution in [-0.2, 0) is 4.79 Å². The summed E-state index contributed by atoms with van der Waals surface area (Å²) in [6.45, 7) is 1.83. The fraction of sp³-hybridized carbons (Fsp3) is 0.158. The zero-order valence-electron chi connectivity index (χ0n) is 14.8. The molecule has 1 aromatic carbocycles. The number of anilines is 3. The van der Waals surface area contributed by atoms with Crippen LogP contribution in [0.1, 0.15) is 23.7 Å². The van der Waals surface area contributed by atoms with E-state index in [1.807, 2.05) is 37.3 Å². The minimum atomic E-state index is -0.614. The van der Waals surface area contributed by atoms with Crippen LogP contribution in [0.25, 0.3) is 10.9 Å². The zero-order valence-corrected chi connectivity index (χ0v) is 14.8. The van der Waals surface area contributed by atoms with E-state index >= 15 is 0 Å². The largest absolute Gasteiger partial charge is 0.368 e. The van der Waals surface area contributed by atoms with Gasteiger partial charge in [0.05, 0.1) is 11.1 Å². The predicted octanol–water partition coefficient (Wildman–Crippen LogP) is 2.15. The molecule has 3 rings (SSSR count). The maximum Gasteiger partial charge on any atom is 0.252 e. The smallest absolute Gasteiger partial charge is 0.252 e. The van der Waals surface area contributed by atoms with Crippen LogP contribution in [0.15, 0.2) is 48.7 Å². The van der Waals surface area contributed by atoms with Crippen molar-refractivity contribution in [2.75, 3.05) is 10.6 Å². The summed E-state index contributed by atoms with van der Waals surface area (Å²) in [6.07, 6.45) is 2.21. The Kier molecular flexibility index (Phi) is 5.16. The summed E-state index contributed by atoms with van der Waals surface area (Å²) in [5.41, 5.74) is 12.6. The highest BCUT2D eigenvalue weighted by Gasteiger charge is 2.16. The Labute approximate surface area is 156 Å². The molecule has 8 nitrogen and oxygen atoms in total. The molecule has 2 aromatic heterocycles. The third-order valence-corrected chi connectivity index (χ3v) is 4.10. The first-order valence-electron chi connectivity index (χ1n) is 8.46. The van der Waals surface area contributed by atoms with E-state index in [2.05, 4.69) is 20.6 Å². The summed E-state index contributed by atoms with van der Waals surface area (Å²) < 4.78 is 0. The van der Waals surface area contributed by atoms with Crippen molar-refractivity contribution in [3.63, 3.8) is 0 Å². The van der Waals surface area contributed by atoms with Crippen molar-refractivity contribution >= 4 is 40.0 Å². The highest BCUT2D eigenvalue weighted by molar-refractivity contribution is 5.99. The Balaban J connectivity index is 1.94. The van der Waals surface area contributed by atoms with Crippen LogP contribution in [0.2, 0.25) is 0 Å². The van der Waals surface area contributed by atoms with Crippen LogP contribution in [0.5, 0.6) is 0 Å². The van der Waals surface area contributed by atoms with Gasteiger partial charge in [-0.1, -0.05) is 19.1 Å². The number of pyridine rings is 2. The van der Waals surface area contributed by atoms with Crippen molar-refractivity contribution < 1.29 is 9.59 Å². The fourth-order valence-corrected chi connectivity index (χ4v) is 2.67. The molecule has 0 aliphatic heterocycles. The van der Waals surface area contributed by atoms with Gasteiger partial charge in [0, 0.05) is 17.3 Å². The van der Waals surface area contributed by atoms with Crippen LogP contribution >= 0.6 is 0 Å². The van der Waals surface area contributed by atoms with Crippen molar-refractivity contribution in [1.82, 2.24) is 9.97 Å². The molecule has 0 unspecified atom stereocenters. The molecule has 0 saturated carbocycles. The number of fused-ring (bicyclic) bond motifs is 1. The monoisotopic (exact) mass is 364 g/mol. The molecule has 0 spiro atoms. The molecule has 138 valence electrons. The van der Waals surface area contributed by atoms with Crippen LogP contribution < -0.4 is 22.1 Å². The summed E-state index contributed by atoms with van der Waals surface area (Å²) in [6, 6.07) is 12.0. The third-order valence-electron chi connectivity index (χ3n) is 4.10. The molecule has 6 N–H and O–H groups in total. The van der Waals surface area contributed by atoms with E-state index in [1.54, 1.807) is 18.3 Å². The van der Waals surface area contributed by atoms with Crippen molar-refractivity contribution in [3.05, 3.63) is 54.2 Å². The lowest BCUT2D eigenvalue weighted by Crippen LogP contribution is -2.35. The van der Waals surface area contributed by atoms with Gasteiger partial charge < -0.3 is 22.1 Å². The van der Waals surface area contributed by atoms with E-state index in [-0.39, 0.29) is 11.4 Å². The molecule has 27 heavy (non-hydrogen) atoms. The Morgan fingerprint density at radius 2 is 1.96 bits per heavy atom. The number of nitrogens with one attached hydrogen (secondary N) is 2. The second kappa shape index (κ2) is 7.69. The van der Waals surface area contributed by atoms with E-state index in [4.69, 9.17) is 11.5 Å². The van der Waals surface area contributed by atoms with Gasteiger partial charge in [-0.2, -0.15) is 0 Å². The summed E-state index contributed by atoms with van der Waals surface area (Å²) in [4.78, 5) is 31.9. The number of amides is 2. The van der Waals surface area contributed by atoms with Crippen molar-refractivity contribution in [2.24, 2.45) is 11.5 Å². The number of rotatable bonds is 7. The topological polar surface area (TPSA) is 136 Å². The van der Waals surface area contributed by atoms with E-state index in [9.17, 15) is 9.59 Å². The molecule has 2 amide bonds. The number of primary amides is 2. The average Bonchev–Trinajstić information content (AvgIpc) is 2.65. The lowest BCUT2D eigenvalue weighted by molar-refractivity contribution is -0.118. The van der Waals surface area contributed by atoms with E-state index in [0.29, 0.717) is 17.9 Å². The van der Waals surface area contributed by atoms with Crippen LogP contribution in [0.3, 0.4) is 0 Å². The lowest BCUT2D eigenvalue weighted by Gasteiger charge is -2.16. The van der Waals surface area contributed by atoms with Crippen LogP contribution in [0.4, 0.5) is 17.3 Å². The molecule has 0 aliphatic carbocycles. The molecule has 1 atom stereocenters. The normalized spacial score (nSPS) is 11.7. The second-order valence-corrected chi connectivity index (χ2v) is 6.00. The lowest BCUT2D eigenvalue weighted by atomic mass is 10.2. The fourth-order valence-electron chi connectivity index (χ4n) is 2.67. The van der Waals surface area contributed by atoms with Gasteiger partial charge in [-0.3, -0.25) is 14.6 Å². The highest BCUT2D eigenvalue weighted by atomic mass is 16.1. The number of hydrogen-bond donors (Lipinski definition) is 4. The van der Waals surface area contributed by atoms with Gasteiger partial charge in [0.2, 0.25) is 5.91 Å². The molecule has 0 aliphatic rings. The molecule has 8 heteroatoms. The third kappa shape index (κ3) is 4.12. The number of nitrogens with two attached hydrogens (primary N) is 2. The molecule has 3 aromatic rings. The summed E-state index contributed by atoms with van der Waals surface area (Å²) in [7, 11) is 0. The number of carbonyl (C=O) groups is 2. The first-order chi connectivity index (χ1) is 13.0. The SMILES string of the molecule is CC[C@@H](Nc1ccc(C(N)=O)c(Nc2ccc3cccnc3c2)n1)C(N)=O. The van der Waals surface area contributed by atoms with Gasteiger partial charge in [0.15, 0.2) is 0 Å². The van der Waals surface area contributed by atoms with Gasteiger partial charge in [0.1, 0.15) is 17.7 Å². The van der Waals surface area contributed by atoms with Crippen molar-refractivity contribution in [2.45, 2.75) is 19.4 Å². The maximum absolute atomic E-state index is 11.8. The van der Waals surface area contributed by atoms with E-state index in [1.165, 1.54) is 0 Å². The predicted molar refractivity (Wildman–Crippen MR) is 105 cm³/mol. The van der Waals surface area contributed by atoms with E-state index in [0.717, 1.165) is 10.9 Å². The Morgan fingerprint density at radius 1 is 1.15 bits per heavy atom. The minimum Gasteiger partial charge on any atom is -0.368 e. The quantitative estimate of drug-likeness (QED) is 0.507. The first kappa shape index (κ1) is 18.1. The number of nitrogens with zero attached hydrogens (tertiary/aromatic N) is 2. The van der Waals surface area contributed by atoms with Gasteiger partial charge in [-0.05, 0) is 36.8 Å². The number of aromatic nitrogens is 2. The Hall–Kier alpha value is -3.68. The van der Waals surface area contributed by atoms with Crippen LogP contribution in [0, 0.1) is 0 Å². The molecule has 0 fully saturated rings. The number of carbonyl (C=O) groups excluding carboxylic acids is 2. The van der Waals surface area contributed by atoms with Crippen molar-refractivity contribution in [3.8, 4) is 0 Å². The molecule has 0 bridgehead atoms. The number of hydrogen-bond acceptors (Lipinski definition) is 6. The van der Waals surface area contributed by atoms with Gasteiger partial charge in [0.25, 0.3) is 5.91 Å². The molecule has 0 saturated heterocycles. The van der Waals surface area contributed by atoms with Gasteiger partial charge in [-0.15, -0.1) is 0 Å².